The highest BCUT2D eigenvalue weighted by atomic mass is 32.1. The molecular weight excluding hydrogens is 162 g/mol. The van der Waals surface area contributed by atoms with Gasteiger partial charge in [0, 0.05) is 13.1 Å². The molecule has 0 unspecified atom stereocenters. The van der Waals surface area contributed by atoms with Crippen LogP contribution in [-0.2, 0) is 11.3 Å². The highest BCUT2D eigenvalue weighted by Gasteiger charge is 2.16. The van der Waals surface area contributed by atoms with Crippen LogP contribution in [0.15, 0.2) is 6.20 Å². The molecule has 0 bridgehead atoms. The van der Waals surface area contributed by atoms with Gasteiger partial charge in [-0.2, -0.15) is 8.75 Å². The van der Waals surface area contributed by atoms with Crippen molar-refractivity contribution in [1.29, 1.82) is 0 Å². The smallest absolute Gasteiger partial charge is 0.1000 e. The van der Waals surface area contributed by atoms with Gasteiger partial charge in [-0.25, -0.2) is 0 Å². The summed E-state index contributed by atoms with van der Waals surface area (Å²) < 4.78 is 13.4. The average Bonchev–Trinajstić information content (AvgIpc) is 2.36. The fourth-order valence-electron chi connectivity index (χ4n) is 0.831. The molecule has 0 amide bonds. The maximum Gasteiger partial charge on any atom is 0.1000 e. The topological polar surface area (TPSA) is 47.0 Å². The molecule has 2 heterocycles. The van der Waals surface area contributed by atoms with Crippen LogP contribution in [0.5, 0.6) is 0 Å². The van der Waals surface area contributed by atoms with Gasteiger partial charge in [0.1, 0.15) is 0 Å². The van der Waals surface area contributed by atoms with E-state index in [0.717, 1.165) is 18.8 Å². The highest BCUT2D eigenvalue weighted by Crippen LogP contribution is 2.03. The summed E-state index contributed by atoms with van der Waals surface area (Å²) in [7, 11) is 0. The summed E-state index contributed by atoms with van der Waals surface area (Å²) in [4.78, 5) is 0. The zero-order valence-corrected chi connectivity index (χ0v) is 6.80. The lowest BCUT2D eigenvalue weighted by Gasteiger charge is -2.26. The highest BCUT2D eigenvalue weighted by molar-refractivity contribution is 6.99. The van der Waals surface area contributed by atoms with Crippen molar-refractivity contribution in [3.63, 3.8) is 0 Å². The van der Waals surface area contributed by atoms with Crippen molar-refractivity contribution < 1.29 is 4.74 Å². The summed E-state index contributed by atoms with van der Waals surface area (Å²) >= 11 is 1.22. The molecule has 1 aliphatic heterocycles. The van der Waals surface area contributed by atoms with Crippen molar-refractivity contribution in [2.24, 2.45) is 0 Å². The number of aromatic nitrogens is 2. The van der Waals surface area contributed by atoms with Crippen LogP contribution in [0.25, 0.3) is 0 Å². The molecule has 60 valence electrons. The quantitative estimate of drug-likeness (QED) is 0.697. The van der Waals surface area contributed by atoms with Gasteiger partial charge in [-0.1, -0.05) is 0 Å². The summed E-state index contributed by atoms with van der Waals surface area (Å²) in [5, 5.41) is 3.13. The molecule has 0 aromatic carbocycles. The van der Waals surface area contributed by atoms with Crippen LogP contribution in [0, 0.1) is 0 Å². The van der Waals surface area contributed by atoms with E-state index >= 15 is 0 Å². The number of rotatable bonds is 3. The third kappa shape index (κ3) is 1.74. The third-order valence-corrected chi connectivity index (χ3v) is 2.13. The van der Waals surface area contributed by atoms with Gasteiger partial charge in [0.25, 0.3) is 0 Å². The molecule has 1 aliphatic rings. The zero-order chi connectivity index (χ0) is 7.52. The summed E-state index contributed by atoms with van der Waals surface area (Å²) in [6, 6.07) is 0. The summed E-state index contributed by atoms with van der Waals surface area (Å²) in [6.45, 7) is 2.54. The van der Waals surface area contributed by atoms with Crippen molar-refractivity contribution in [3.8, 4) is 0 Å². The Labute approximate surface area is 68.9 Å². The number of hydrogen-bond donors (Lipinski definition) is 1. The third-order valence-electron chi connectivity index (χ3n) is 1.62. The van der Waals surface area contributed by atoms with Gasteiger partial charge in [0.05, 0.1) is 36.3 Å². The Bertz CT molecular complexity index is 210. The number of ether oxygens (including phenoxy) is 1. The largest absolute Gasteiger partial charge is 0.369 e. The fourth-order valence-corrected chi connectivity index (χ4v) is 1.25. The Morgan fingerprint density at radius 3 is 3.18 bits per heavy atom. The maximum atomic E-state index is 5.46. The second-order valence-corrected chi connectivity index (χ2v) is 3.05. The molecule has 0 saturated carbocycles. The molecule has 0 aliphatic carbocycles. The van der Waals surface area contributed by atoms with E-state index in [9.17, 15) is 0 Å². The first-order chi connectivity index (χ1) is 5.45. The first-order valence-corrected chi connectivity index (χ1v) is 4.27. The lowest BCUT2D eigenvalue weighted by molar-refractivity contribution is 0.00632. The molecule has 2 rings (SSSR count). The van der Waals surface area contributed by atoms with Crippen LogP contribution in [0.4, 0.5) is 0 Å². The molecular formula is C6H9N3OS. The Hall–Kier alpha value is -0.520. The van der Waals surface area contributed by atoms with Crippen LogP contribution in [-0.4, -0.2) is 27.9 Å². The molecule has 5 heteroatoms. The van der Waals surface area contributed by atoms with E-state index < -0.39 is 0 Å². The Morgan fingerprint density at radius 2 is 2.64 bits per heavy atom. The van der Waals surface area contributed by atoms with Gasteiger partial charge in [-0.15, -0.1) is 0 Å². The second kappa shape index (κ2) is 3.25. The van der Waals surface area contributed by atoms with Crippen LogP contribution in [0.1, 0.15) is 5.69 Å². The van der Waals surface area contributed by atoms with Gasteiger partial charge in [-0.3, -0.25) is 0 Å². The normalized spacial score (nSPS) is 18.2. The predicted molar refractivity (Wildman–Crippen MR) is 41.4 cm³/mol. The molecule has 1 aromatic rings. The minimum Gasteiger partial charge on any atom is -0.369 e. The minimum atomic E-state index is 0.386. The van der Waals surface area contributed by atoms with Crippen LogP contribution >= 0.6 is 11.7 Å². The number of nitrogens with one attached hydrogen (secondary N) is 1. The molecule has 11 heavy (non-hydrogen) atoms. The van der Waals surface area contributed by atoms with Gasteiger partial charge < -0.3 is 10.1 Å². The van der Waals surface area contributed by atoms with Crippen molar-refractivity contribution in [3.05, 3.63) is 11.9 Å². The van der Waals surface area contributed by atoms with E-state index in [4.69, 9.17) is 4.74 Å². The number of hydrogen-bond acceptors (Lipinski definition) is 5. The first kappa shape index (κ1) is 7.15. The lowest BCUT2D eigenvalue weighted by atomic mass is 10.2. The molecule has 1 N–H and O–H groups in total. The average molecular weight is 171 g/mol. The van der Waals surface area contributed by atoms with Crippen LogP contribution in [0.2, 0.25) is 0 Å². The van der Waals surface area contributed by atoms with Crippen LogP contribution < -0.4 is 5.32 Å². The fraction of sp³-hybridized carbons (Fsp3) is 0.667. The summed E-state index contributed by atoms with van der Waals surface area (Å²) in [5.41, 5.74) is 0.932. The van der Waals surface area contributed by atoms with E-state index in [1.54, 1.807) is 6.20 Å². The van der Waals surface area contributed by atoms with E-state index in [-0.39, 0.29) is 0 Å². The Morgan fingerprint density at radius 1 is 1.73 bits per heavy atom. The standard InChI is InChI=1S/C6H9N3OS/c1-5(9-11-8-1)4-10-6-2-7-3-6/h1,6-7H,2-4H2. The molecule has 4 nitrogen and oxygen atoms in total. The lowest BCUT2D eigenvalue weighted by Crippen LogP contribution is -2.48. The Balaban J connectivity index is 1.74. The van der Waals surface area contributed by atoms with Gasteiger partial charge in [0.15, 0.2) is 0 Å². The predicted octanol–water partition coefficient (Wildman–Crippen LogP) is 0.0265. The SMILES string of the molecule is c1nsnc1COC1CNC1. The van der Waals surface area contributed by atoms with Gasteiger partial charge >= 0.3 is 0 Å². The second-order valence-electron chi connectivity index (χ2n) is 2.49. The van der Waals surface area contributed by atoms with Crippen LogP contribution in [0.3, 0.4) is 0 Å². The van der Waals surface area contributed by atoms with E-state index in [1.807, 2.05) is 0 Å². The van der Waals surface area contributed by atoms with E-state index in [2.05, 4.69) is 14.1 Å². The monoisotopic (exact) mass is 171 g/mol. The minimum absolute atomic E-state index is 0.386. The molecule has 1 saturated heterocycles. The van der Waals surface area contributed by atoms with Crippen molar-refractivity contribution >= 4 is 11.7 Å². The van der Waals surface area contributed by atoms with Crippen molar-refractivity contribution in [2.45, 2.75) is 12.7 Å². The van der Waals surface area contributed by atoms with Crippen molar-refractivity contribution in [2.75, 3.05) is 13.1 Å². The van der Waals surface area contributed by atoms with E-state index in [1.165, 1.54) is 11.7 Å². The maximum absolute atomic E-state index is 5.46. The molecule has 0 radical (unpaired) electrons. The first-order valence-electron chi connectivity index (χ1n) is 3.54. The molecule has 0 spiro atoms. The van der Waals surface area contributed by atoms with Gasteiger partial charge in [-0.05, 0) is 0 Å². The zero-order valence-electron chi connectivity index (χ0n) is 5.99. The Kier molecular flexibility index (Phi) is 2.11. The molecule has 1 fully saturated rings. The summed E-state index contributed by atoms with van der Waals surface area (Å²) in [5.74, 6) is 0. The molecule has 1 aromatic heterocycles. The number of nitrogens with zero attached hydrogens (tertiary/aromatic N) is 2. The van der Waals surface area contributed by atoms with Gasteiger partial charge in [0.2, 0.25) is 0 Å². The van der Waals surface area contributed by atoms with E-state index in [0.29, 0.717) is 12.7 Å². The summed E-state index contributed by atoms with van der Waals surface area (Å²) in [6.07, 6.45) is 2.13. The van der Waals surface area contributed by atoms with Crippen molar-refractivity contribution in [1.82, 2.24) is 14.1 Å². The molecule has 0 atom stereocenters.